The molecule has 1 aliphatic rings. The van der Waals surface area contributed by atoms with Gasteiger partial charge in [-0.25, -0.2) is 9.48 Å². The number of carboxylic acids is 1. The van der Waals surface area contributed by atoms with E-state index in [1.807, 2.05) is 28.9 Å². The van der Waals surface area contributed by atoms with E-state index in [0.717, 1.165) is 36.5 Å². The molecule has 1 aromatic carbocycles. The molecule has 0 amide bonds. The lowest BCUT2D eigenvalue weighted by molar-refractivity contribution is 0.0697. The van der Waals surface area contributed by atoms with Crippen LogP contribution in [0.15, 0.2) is 48.8 Å². The molecule has 0 bridgehead atoms. The topological polar surface area (TPSA) is 71.2 Å². The van der Waals surface area contributed by atoms with Crippen molar-refractivity contribution in [2.45, 2.75) is 13.0 Å². The van der Waals surface area contributed by atoms with Gasteiger partial charge >= 0.3 is 5.97 Å². The lowest BCUT2D eigenvalue weighted by atomic mass is 10.0. The van der Waals surface area contributed by atoms with Crippen LogP contribution in [0.2, 0.25) is 0 Å². The van der Waals surface area contributed by atoms with E-state index >= 15 is 0 Å². The van der Waals surface area contributed by atoms with Crippen LogP contribution in [0.5, 0.6) is 0 Å². The summed E-state index contributed by atoms with van der Waals surface area (Å²) < 4.78 is 1.95. The number of hydrogen-bond acceptors (Lipinski definition) is 4. The predicted molar refractivity (Wildman–Crippen MR) is 93.8 cm³/mol. The molecule has 4 rings (SSSR count). The van der Waals surface area contributed by atoms with Crippen molar-refractivity contribution in [3.63, 3.8) is 0 Å². The molecule has 1 N–H and O–H groups in total. The van der Waals surface area contributed by atoms with Crippen LogP contribution in [0.4, 0.5) is 0 Å². The third-order valence-electron chi connectivity index (χ3n) is 4.56. The summed E-state index contributed by atoms with van der Waals surface area (Å²) in [5, 5.41) is 13.9. The molecule has 6 heteroatoms. The van der Waals surface area contributed by atoms with Crippen LogP contribution >= 0.6 is 0 Å². The third kappa shape index (κ3) is 2.81. The summed E-state index contributed by atoms with van der Waals surface area (Å²) in [6.45, 7) is 1.82. The molecule has 6 nitrogen and oxygen atoms in total. The molecule has 3 aromatic rings. The van der Waals surface area contributed by atoms with Crippen LogP contribution in [-0.4, -0.2) is 44.3 Å². The Kier molecular flexibility index (Phi) is 3.82. The Morgan fingerprint density at radius 1 is 1.12 bits per heavy atom. The number of fused-ring (bicyclic) bond motifs is 1. The van der Waals surface area contributed by atoms with Gasteiger partial charge in [-0.2, -0.15) is 5.10 Å². The Hall–Kier alpha value is -2.99. The van der Waals surface area contributed by atoms with Crippen LogP contribution in [0, 0.1) is 0 Å². The summed E-state index contributed by atoms with van der Waals surface area (Å²) in [4.78, 5) is 17.4. The lowest BCUT2D eigenvalue weighted by Gasteiger charge is -2.23. The van der Waals surface area contributed by atoms with Crippen molar-refractivity contribution in [2.24, 2.45) is 0 Å². The van der Waals surface area contributed by atoms with E-state index in [1.54, 1.807) is 24.5 Å². The highest BCUT2D eigenvalue weighted by atomic mass is 16.4. The quantitative estimate of drug-likeness (QED) is 0.797. The molecule has 126 valence electrons. The monoisotopic (exact) mass is 334 g/mol. The maximum absolute atomic E-state index is 11.1. The van der Waals surface area contributed by atoms with Gasteiger partial charge in [0.2, 0.25) is 0 Å². The Bertz CT molecular complexity index is 917. The van der Waals surface area contributed by atoms with Crippen molar-refractivity contribution in [2.75, 3.05) is 13.6 Å². The molecule has 3 heterocycles. The van der Waals surface area contributed by atoms with E-state index in [9.17, 15) is 4.79 Å². The maximum atomic E-state index is 11.1. The number of carboxylic acid groups (broad SMARTS) is 1. The molecule has 0 unspecified atom stereocenters. The minimum Gasteiger partial charge on any atom is -0.478 e. The summed E-state index contributed by atoms with van der Waals surface area (Å²) in [7, 11) is 2.11. The molecule has 0 fully saturated rings. The normalized spacial score (nSPS) is 14.3. The Balaban J connectivity index is 1.84. The van der Waals surface area contributed by atoms with Gasteiger partial charge in [0.1, 0.15) is 0 Å². The number of aromatic nitrogens is 3. The van der Waals surface area contributed by atoms with Crippen LogP contribution in [0.25, 0.3) is 16.9 Å². The summed E-state index contributed by atoms with van der Waals surface area (Å²) in [6.07, 6.45) is 4.45. The number of carbonyl (C=O) groups is 1. The van der Waals surface area contributed by atoms with E-state index in [2.05, 4.69) is 16.9 Å². The second-order valence-corrected chi connectivity index (χ2v) is 6.26. The number of nitrogens with zero attached hydrogens (tertiary/aromatic N) is 4. The van der Waals surface area contributed by atoms with Crippen molar-refractivity contribution in [1.29, 1.82) is 0 Å². The van der Waals surface area contributed by atoms with Gasteiger partial charge in [0, 0.05) is 43.0 Å². The molecule has 0 spiro atoms. The SMILES string of the molecule is CN1CCc2c(c(-c3ccncc3)nn2-c2ccc(C(=O)O)cc2)C1. The first-order chi connectivity index (χ1) is 12.1. The third-order valence-corrected chi connectivity index (χ3v) is 4.56. The van der Waals surface area contributed by atoms with Crippen LogP contribution in [0.1, 0.15) is 21.6 Å². The van der Waals surface area contributed by atoms with E-state index in [-0.39, 0.29) is 5.56 Å². The van der Waals surface area contributed by atoms with Gasteiger partial charge in [0.05, 0.1) is 22.6 Å². The average molecular weight is 334 g/mol. The minimum absolute atomic E-state index is 0.277. The predicted octanol–water partition coefficient (Wildman–Crippen LogP) is 2.62. The number of aromatic carboxylic acids is 1. The summed E-state index contributed by atoms with van der Waals surface area (Å²) in [5.74, 6) is -0.923. The van der Waals surface area contributed by atoms with Crippen LogP contribution in [0.3, 0.4) is 0 Å². The van der Waals surface area contributed by atoms with Crippen LogP contribution < -0.4 is 0 Å². The molecule has 0 saturated carbocycles. The smallest absolute Gasteiger partial charge is 0.335 e. The summed E-state index contributed by atoms with van der Waals surface area (Å²) in [5.41, 5.74) is 5.58. The molecule has 1 aliphatic heterocycles. The zero-order valence-electron chi connectivity index (χ0n) is 13.9. The van der Waals surface area contributed by atoms with Gasteiger partial charge in [-0.3, -0.25) is 4.98 Å². The Morgan fingerprint density at radius 2 is 1.84 bits per heavy atom. The highest BCUT2D eigenvalue weighted by Gasteiger charge is 2.24. The zero-order valence-corrected chi connectivity index (χ0v) is 13.9. The number of hydrogen-bond donors (Lipinski definition) is 1. The molecular weight excluding hydrogens is 316 g/mol. The van der Waals surface area contributed by atoms with Gasteiger partial charge in [0.25, 0.3) is 0 Å². The first kappa shape index (κ1) is 15.5. The highest BCUT2D eigenvalue weighted by molar-refractivity contribution is 5.87. The Labute approximate surface area is 145 Å². The summed E-state index contributed by atoms with van der Waals surface area (Å²) >= 11 is 0. The fourth-order valence-electron chi connectivity index (χ4n) is 3.25. The van der Waals surface area contributed by atoms with E-state index in [0.29, 0.717) is 0 Å². The van der Waals surface area contributed by atoms with Crippen molar-refractivity contribution in [1.82, 2.24) is 19.7 Å². The van der Waals surface area contributed by atoms with Gasteiger partial charge in [-0.05, 0) is 43.4 Å². The fraction of sp³-hybridized carbons (Fsp3) is 0.211. The fourth-order valence-corrected chi connectivity index (χ4v) is 3.25. The number of benzene rings is 1. The van der Waals surface area contributed by atoms with Crippen molar-refractivity contribution < 1.29 is 9.90 Å². The molecule has 2 aromatic heterocycles. The van der Waals surface area contributed by atoms with E-state index in [1.165, 1.54) is 11.3 Å². The van der Waals surface area contributed by atoms with Gasteiger partial charge < -0.3 is 10.0 Å². The second kappa shape index (κ2) is 6.14. The number of rotatable bonds is 3. The molecule has 0 atom stereocenters. The zero-order chi connectivity index (χ0) is 17.4. The highest BCUT2D eigenvalue weighted by Crippen LogP contribution is 2.31. The number of pyridine rings is 1. The summed E-state index contributed by atoms with van der Waals surface area (Å²) in [6, 6.07) is 10.8. The van der Waals surface area contributed by atoms with E-state index < -0.39 is 5.97 Å². The standard InChI is InChI=1S/C19H18N4O2/c1-22-11-8-17-16(12-22)18(13-6-9-20-10-7-13)21-23(17)15-4-2-14(3-5-15)19(24)25/h2-7,9-10H,8,11-12H2,1H3,(H,24,25). The lowest BCUT2D eigenvalue weighted by Crippen LogP contribution is -2.27. The van der Waals surface area contributed by atoms with Crippen molar-refractivity contribution in [3.05, 3.63) is 65.6 Å². The maximum Gasteiger partial charge on any atom is 0.335 e. The average Bonchev–Trinajstić information content (AvgIpc) is 3.01. The first-order valence-corrected chi connectivity index (χ1v) is 8.17. The second-order valence-electron chi connectivity index (χ2n) is 6.26. The molecule has 0 aliphatic carbocycles. The van der Waals surface area contributed by atoms with E-state index in [4.69, 9.17) is 10.2 Å². The molecule has 0 radical (unpaired) electrons. The minimum atomic E-state index is -0.923. The van der Waals surface area contributed by atoms with Crippen molar-refractivity contribution in [3.8, 4) is 16.9 Å². The number of likely N-dealkylation sites (N-methyl/N-ethyl adjacent to an activating group) is 1. The first-order valence-electron chi connectivity index (χ1n) is 8.17. The molecular formula is C19H18N4O2. The largest absolute Gasteiger partial charge is 0.478 e. The Morgan fingerprint density at radius 3 is 2.52 bits per heavy atom. The molecule has 0 saturated heterocycles. The molecule has 25 heavy (non-hydrogen) atoms. The van der Waals surface area contributed by atoms with Gasteiger partial charge in [-0.1, -0.05) is 0 Å². The van der Waals surface area contributed by atoms with Gasteiger partial charge in [-0.15, -0.1) is 0 Å². The van der Waals surface area contributed by atoms with Crippen LogP contribution in [-0.2, 0) is 13.0 Å². The van der Waals surface area contributed by atoms with Crippen molar-refractivity contribution >= 4 is 5.97 Å². The van der Waals surface area contributed by atoms with Gasteiger partial charge in [0.15, 0.2) is 0 Å².